The van der Waals surface area contributed by atoms with Gasteiger partial charge in [0, 0.05) is 17.9 Å². The van der Waals surface area contributed by atoms with Crippen molar-refractivity contribution in [1.29, 1.82) is 0 Å². The van der Waals surface area contributed by atoms with Crippen LogP contribution in [0.5, 0.6) is 0 Å². The summed E-state index contributed by atoms with van der Waals surface area (Å²) in [6, 6.07) is 1.76. The second-order valence-electron chi connectivity index (χ2n) is 6.33. The zero-order chi connectivity index (χ0) is 14.8. The molecule has 0 unspecified atom stereocenters. The molecule has 2 heterocycles. The van der Waals surface area contributed by atoms with E-state index in [9.17, 15) is 8.42 Å². The van der Waals surface area contributed by atoms with Crippen molar-refractivity contribution < 1.29 is 8.42 Å². The van der Waals surface area contributed by atoms with E-state index in [4.69, 9.17) is 0 Å². The number of hydrogen-bond donors (Lipinski definition) is 2. The van der Waals surface area contributed by atoms with Gasteiger partial charge in [-0.25, -0.2) is 13.1 Å². The Kier molecular flexibility index (Phi) is 4.46. The minimum atomic E-state index is -3.51. The van der Waals surface area contributed by atoms with Gasteiger partial charge in [-0.3, -0.25) is 4.98 Å². The van der Waals surface area contributed by atoms with Crippen LogP contribution in [0, 0.1) is 0 Å². The molecule has 0 radical (unpaired) electrons. The summed E-state index contributed by atoms with van der Waals surface area (Å²) in [5.74, 6) is 0.397. The summed E-state index contributed by atoms with van der Waals surface area (Å²) in [6.07, 6.45) is 5.25. The summed E-state index contributed by atoms with van der Waals surface area (Å²) < 4.78 is 27.3. The molecule has 0 aliphatic carbocycles. The molecule has 112 valence electrons. The third kappa shape index (κ3) is 4.01. The van der Waals surface area contributed by atoms with Crippen LogP contribution in [0.25, 0.3) is 0 Å². The Balaban J connectivity index is 2.25. The third-order valence-corrected chi connectivity index (χ3v) is 5.02. The normalized spacial score (nSPS) is 18.1. The highest BCUT2D eigenvalue weighted by Gasteiger charge is 2.24. The van der Waals surface area contributed by atoms with Crippen LogP contribution in [-0.4, -0.2) is 32.0 Å². The van der Waals surface area contributed by atoms with Crippen molar-refractivity contribution in [3.05, 3.63) is 24.0 Å². The van der Waals surface area contributed by atoms with E-state index in [2.05, 4.69) is 15.0 Å². The average Bonchev–Trinajstić information content (AvgIpc) is 2.37. The van der Waals surface area contributed by atoms with E-state index < -0.39 is 15.6 Å². The molecule has 0 bridgehead atoms. The Morgan fingerprint density at radius 1 is 1.25 bits per heavy atom. The molecule has 2 rings (SSSR count). The molecule has 1 aliphatic heterocycles. The highest BCUT2D eigenvalue weighted by Crippen LogP contribution is 2.26. The Bertz CT molecular complexity index is 558. The lowest BCUT2D eigenvalue weighted by Gasteiger charge is -2.24. The average molecular weight is 297 g/mol. The fraction of sp³-hybridized carbons (Fsp3) is 0.643. The zero-order valence-corrected chi connectivity index (χ0v) is 13.1. The predicted molar refractivity (Wildman–Crippen MR) is 79.2 cm³/mol. The van der Waals surface area contributed by atoms with Crippen molar-refractivity contribution in [1.82, 2.24) is 15.0 Å². The first-order chi connectivity index (χ1) is 9.28. The van der Waals surface area contributed by atoms with Gasteiger partial charge in [0.15, 0.2) is 0 Å². The third-order valence-electron chi connectivity index (χ3n) is 3.30. The van der Waals surface area contributed by atoms with Crippen molar-refractivity contribution in [2.45, 2.75) is 50.0 Å². The lowest BCUT2D eigenvalue weighted by molar-refractivity contribution is 0.458. The summed E-state index contributed by atoms with van der Waals surface area (Å²) in [5.41, 5.74) is 0.520. The molecule has 0 saturated carbocycles. The standard InChI is InChI=1S/C14H23N3O2S/c1-14(2,3)17-20(18,19)13-8-12(9-16-10-13)11-4-6-15-7-5-11/h8-11,15,17H,4-7H2,1-3H3. The van der Waals surface area contributed by atoms with E-state index in [0.717, 1.165) is 31.5 Å². The van der Waals surface area contributed by atoms with Crippen LogP contribution in [0.2, 0.25) is 0 Å². The molecule has 0 spiro atoms. The van der Waals surface area contributed by atoms with Gasteiger partial charge in [-0.2, -0.15) is 0 Å². The second-order valence-corrected chi connectivity index (χ2v) is 8.02. The van der Waals surface area contributed by atoms with Gasteiger partial charge in [0.2, 0.25) is 10.0 Å². The summed E-state index contributed by atoms with van der Waals surface area (Å²) >= 11 is 0. The smallest absolute Gasteiger partial charge is 0.242 e. The van der Waals surface area contributed by atoms with Gasteiger partial charge in [-0.15, -0.1) is 0 Å². The summed E-state index contributed by atoms with van der Waals surface area (Å²) in [4.78, 5) is 4.37. The van der Waals surface area contributed by atoms with Crippen LogP contribution >= 0.6 is 0 Å². The van der Waals surface area contributed by atoms with Crippen molar-refractivity contribution in [2.24, 2.45) is 0 Å². The SMILES string of the molecule is CC(C)(C)NS(=O)(=O)c1cncc(C2CCNCC2)c1. The Labute approximate surface area is 121 Å². The van der Waals surface area contributed by atoms with Gasteiger partial charge in [-0.1, -0.05) is 0 Å². The molecule has 1 aromatic heterocycles. The van der Waals surface area contributed by atoms with Crippen LogP contribution < -0.4 is 10.0 Å². The van der Waals surface area contributed by atoms with Crippen LogP contribution in [0.1, 0.15) is 45.1 Å². The van der Waals surface area contributed by atoms with E-state index >= 15 is 0 Å². The Morgan fingerprint density at radius 3 is 2.50 bits per heavy atom. The van der Waals surface area contributed by atoms with Crippen LogP contribution in [-0.2, 0) is 10.0 Å². The maximum atomic E-state index is 12.3. The molecule has 1 saturated heterocycles. The number of nitrogens with one attached hydrogen (secondary N) is 2. The maximum absolute atomic E-state index is 12.3. The molecule has 0 amide bonds. The number of piperidine rings is 1. The summed E-state index contributed by atoms with van der Waals surface area (Å²) in [6.45, 7) is 7.43. The molecule has 1 aliphatic rings. The Hall–Kier alpha value is -0.980. The largest absolute Gasteiger partial charge is 0.317 e. The van der Waals surface area contributed by atoms with Gasteiger partial charge in [-0.05, 0) is 64.3 Å². The molecule has 2 N–H and O–H groups in total. The first kappa shape index (κ1) is 15.4. The van der Waals surface area contributed by atoms with Crippen LogP contribution in [0.15, 0.2) is 23.4 Å². The number of rotatable bonds is 3. The van der Waals surface area contributed by atoms with E-state index in [1.807, 2.05) is 20.8 Å². The van der Waals surface area contributed by atoms with Gasteiger partial charge in [0.1, 0.15) is 4.90 Å². The molecular weight excluding hydrogens is 274 g/mol. The molecule has 6 heteroatoms. The van der Waals surface area contributed by atoms with Crippen molar-refractivity contribution in [2.75, 3.05) is 13.1 Å². The van der Waals surface area contributed by atoms with Gasteiger partial charge < -0.3 is 5.32 Å². The lowest BCUT2D eigenvalue weighted by Crippen LogP contribution is -2.40. The van der Waals surface area contributed by atoms with E-state index in [-0.39, 0.29) is 4.90 Å². The van der Waals surface area contributed by atoms with Crippen molar-refractivity contribution in [3.63, 3.8) is 0 Å². The first-order valence-corrected chi connectivity index (χ1v) is 8.46. The topological polar surface area (TPSA) is 71.1 Å². The first-order valence-electron chi connectivity index (χ1n) is 6.97. The fourth-order valence-electron chi connectivity index (χ4n) is 2.42. The van der Waals surface area contributed by atoms with Crippen LogP contribution in [0.3, 0.4) is 0 Å². The summed E-state index contributed by atoms with van der Waals surface area (Å²) in [7, 11) is -3.51. The molecule has 0 atom stereocenters. The zero-order valence-electron chi connectivity index (χ0n) is 12.3. The van der Waals surface area contributed by atoms with Gasteiger partial charge in [0.05, 0.1) is 0 Å². The number of sulfonamides is 1. The predicted octanol–water partition coefficient (Wildman–Crippen LogP) is 1.63. The molecule has 1 aromatic rings. The highest BCUT2D eigenvalue weighted by atomic mass is 32.2. The molecule has 5 nitrogen and oxygen atoms in total. The van der Waals surface area contributed by atoms with Gasteiger partial charge in [0.25, 0.3) is 0 Å². The van der Waals surface area contributed by atoms with Crippen LogP contribution in [0.4, 0.5) is 0 Å². The number of pyridine rings is 1. The molecule has 20 heavy (non-hydrogen) atoms. The number of aromatic nitrogens is 1. The molecular formula is C14H23N3O2S. The highest BCUT2D eigenvalue weighted by molar-refractivity contribution is 7.89. The Morgan fingerprint density at radius 2 is 1.90 bits per heavy atom. The maximum Gasteiger partial charge on any atom is 0.242 e. The lowest BCUT2D eigenvalue weighted by atomic mass is 9.91. The minimum Gasteiger partial charge on any atom is -0.317 e. The number of nitrogens with zero attached hydrogens (tertiary/aromatic N) is 1. The molecule has 1 fully saturated rings. The van der Waals surface area contributed by atoms with Crippen molar-refractivity contribution in [3.8, 4) is 0 Å². The quantitative estimate of drug-likeness (QED) is 0.889. The number of hydrogen-bond acceptors (Lipinski definition) is 4. The fourth-order valence-corrected chi connectivity index (χ4v) is 3.84. The minimum absolute atomic E-state index is 0.253. The van der Waals surface area contributed by atoms with Crippen molar-refractivity contribution >= 4 is 10.0 Å². The summed E-state index contributed by atoms with van der Waals surface area (Å²) in [5, 5.41) is 3.31. The van der Waals surface area contributed by atoms with E-state index in [1.54, 1.807) is 12.3 Å². The monoisotopic (exact) mass is 297 g/mol. The second kappa shape index (κ2) is 5.79. The van der Waals surface area contributed by atoms with E-state index in [1.165, 1.54) is 6.20 Å². The van der Waals surface area contributed by atoms with E-state index in [0.29, 0.717) is 5.92 Å². The van der Waals surface area contributed by atoms with Gasteiger partial charge >= 0.3 is 0 Å². The molecule has 0 aromatic carbocycles.